The Bertz CT molecular complexity index is 1120. The number of rotatable bonds is 2. The van der Waals surface area contributed by atoms with Crippen LogP contribution in [0, 0.1) is 11.8 Å². The van der Waals surface area contributed by atoms with Gasteiger partial charge in [-0.15, -0.1) is 0 Å². The molecule has 3 unspecified atom stereocenters. The molecule has 5 rings (SSSR count). The summed E-state index contributed by atoms with van der Waals surface area (Å²) < 4.78 is 0. The zero-order chi connectivity index (χ0) is 20.7. The van der Waals surface area contributed by atoms with Crippen molar-refractivity contribution in [3.05, 3.63) is 95.5 Å². The third-order valence-electron chi connectivity index (χ3n) is 6.92. The summed E-state index contributed by atoms with van der Waals surface area (Å²) in [5.41, 5.74) is 4.28. The molecule has 4 nitrogen and oxygen atoms in total. The normalized spacial score (nSPS) is 26.8. The molecule has 150 valence electrons. The highest BCUT2D eigenvalue weighted by Crippen LogP contribution is 2.55. The molecule has 0 saturated heterocycles. The number of aliphatic hydroxyl groups is 1. The van der Waals surface area contributed by atoms with Gasteiger partial charge < -0.3 is 5.11 Å². The maximum atomic E-state index is 12.9. The quantitative estimate of drug-likeness (QED) is 0.487. The number of hydrogen-bond acceptors (Lipinski definition) is 4. The number of carbonyl (C=O) groups excluding carboxylic acids is 1. The molecule has 0 aliphatic heterocycles. The number of nitrogens with zero attached hydrogens (tertiary/aromatic N) is 2. The van der Waals surface area contributed by atoms with Crippen LogP contribution in [0.4, 0.5) is 0 Å². The summed E-state index contributed by atoms with van der Waals surface area (Å²) in [7, 11) is 0. The van der Waals surface area contributed by atoms with Crippen molar-refractivity contribution in [2.45, 2.75) is 31.6 Å². The van der Waals surface area contributed by atoms with Crippen LogP contribution in [0.2, 0.25) is 0 Å². The van der Waals surface area contributed by atoms with Gasteiger partial charge in [-0.05, 0) is 36.3 Å². The topological polar surface area (TPSA) is 63.1 Å². The van der Waals surface area contributed by atoms with E-state index in [4.69, 9.17) is 4.98 Å². The number of allylic oxidation sites excluding steroid dienone is 1. The average molecular weight is 396 g/mol. The van der Waals surface area contributed by atoms with Crippen LogP contribution in [0.1, 0.15) is 36.6 Å². The number of hydrogen-bond donors (Lipinski definition) is 1. The molecule has 1 aromatic heterocycles. The summed E-state index contributed by atoms with van der Waals surface area (Å²) in [5.74, 6) is 0.696. The number of carbonyl (C=O) groups is 1. The first kappa shape index (κ1) is 18.7. The van der Waals surface area contributed by atoms with Gasteiger partial charge in [0.2, 0.25) is 0 Å². The minimum Gasteiger partial charge on any atom is -0.515 e. The predicted octanol–water partition coefficient (Wildman–Crippen LogP) is 5.04. The van der Waals surface area contributed by atoms with Crippen molar-refractivity contribution in [2.75, 3.05) is 0 Å². The summed E-state index contributed by atoms with van der Waals surface area (Å²) in [6, 6.07) is 20.3. The molecule has 2 aliphatic rings. The molecule has 1 heterocycles. The summed E-state index contributed by atoms with van der Waals surface area (Å²) in [4.78, 5) is 22.7. The van der Waals surface area contributed by atoms with Crippen LogP contribution < -0.4 is 0 Å². The largest absolute Gasteiger partial charge is 0.515 e. The lowest BCUT2D eigenvalue weighted by Gasteiger charge is -2.50. The van der Waals surface area contributed by atoms with E-state index in [9.17, 15) is 9.90 Å². The highest BCUT2D eigenvalue weighted by Gasteiger charge is 2.54. The first-order valence-electron chi connectivity index (χ1n) is 10.5. The molecule has 2 aromatic carbocycles. The number of Topliss-reactive ketones (excluding diaryl/α,β-unsaturated/α-hetero) is 1. The fraction of sp³-hybridized carbons (Fsp3) is 0.269. The standard InChI is InChI=1S/C26H24N2O2/c1-17-22-13-12-19-15-27-25(18-8-4-2-5-9-18)28-24(19)26(22,14-20(16-29)23(17)30)21-10-6-3-7-11-21/h2-11,15-17,22,29H,12-14H2,1H3/b20-16-. The van der Waals surface area contributed by atoms with Crippen LogP contribution in [0.25, 0.3) is 11.4 Å². The lowest BCUT2D eigenvalue weighted by Crippen LogP contribution is -2.51. The molecule has 30 heavy (non-hydrogen) atoms. The molecule has 0 radical (unpaired) electrons. The zero-order valence-electron chi connectivity index (χ0n) is 17.0. The highest BCUT2D eigenvalue weighted by atomic mass is 16.2. The maximum absolute atomic E-state index is 12.9. The Hall–Kier alpha value is -3.27. The van der Waals surface area contributed by atoms with Crippen molar-refractivity contribution in [2.24, 2.45) is 11.8 Å². The Kier molecular flexibility index (Phi) is 4.50. The summed E-state index contributed by atoms with van der Waals surface area (Å²) >= 11 is 0. The molecule has 1 saturated carbocycles. The Morgan fingerprint density at radius 2 is 1.77 bits per heavy atom. The number of aryl methyl sites for hydroxylation is 1. The minimum absolute atomic E-state index is 0.0508. The van der Waals surface area contributed by atoms with Gasteiger partial charge in [-0.2, -0.15) is 0 Å². The van der Waals surface area contributed by atoms with Gasteiger partial charge in [-0.3, -0.25) is 4.79 Å². The van der Waals surface area contributed by atoms with Crippen LogP contribution in [0.5, 0.6) is 0 Å². The van der Waals surface area contributed by atoms with E-state index in [2.05, 4.69) is 17.1 Å². The molecule has 0 spiro atoms. The lowest BCUT2D eigenvalue weighted by molar-refractivity contribution is -0.123. The SMILES string of the molecule is CC1C(=O)/C(=C\O)CC2(c3ccccc3)c3nc(-c4ccccc4)ncc3CCC12. The highest BCUT2D eigenvalue weighted by molar-refractivity contribution is 5.98. The Morgan fingerprint density at radius 3 is 2.47 bits per heavy atom. The number of fused-ring (bicyclic) bond motifs is 3. The second kappa shape index (κ2) is 7.21. The average Bonchev–Trinajstić information content (AvgIpc) is 2.82. The third kappa shape index (κ3) is 2.71. The second-order valence-electron chi connectivity index (χ2n) is 8.40. The Labute approximate surface area is 176 Å². The first-order valence-corrected chi connectivity index (χ1v) is 10.5. The monoisotopic (exact) mass is 396 g/mol. The van der Waals surface area contributed by atoms with E-state index < -0.39 is 5.41 Å². The van der Waals surface area contributed by atoms with Gasteiger partial charge in [0, 0.05) is 28.7 Å². The zero-order valence-corrected chi connectivity index (χ0v) is 17.0. The molecule has 4 heteroatoms. The molecule has 3 aromatic rings. The summed E-state index contributed by atoms with van der Waals surface area (Å²) in [6.45, 7) is 2.00. The van der Waals surface area contributed by atoms with Crippen molar-refractivity contribution in [3.63, 3.8) is 0 Å². The molecule has 1 N–H and O–H groups in total. The van der Waals surface area contributed by atoms with Crippen molar-refractivity contribution in [1.82, 2.24) is 9.97 Å². The van der Waals surface area contributed by atoms with E-state index in [1.165, 1.54) is 0 Å². The fourth-order valence-electron chi connectivity index (χ4n) is 5.49. The van der Waals surface area contributed by atoms with E-state index in [1.807, 2.05) is 61.7 Å². The van der Waals surface area contributed by atoms with Crippen LogP contribution in [0.15, 0.2) is 78.7 Å². The first-order chi connectivity index (χ1) is 14.6. The van der Waals surface area contributed by atoms with Crippen molar-refractivity contribution >= 4 is 5.78 Å². The van der Waals surface area contributed by atoms with Crippen LogP contribution in [0.3, 0.4) is 0 Å². The van der Waals surface area contributed by atoms with E-state index >= 15 is 0 Å². The third-order valence-corrected chi connectivity index (χ3v) is 6.92. The molecule has 1 fully saturated rings. The Balaban J connectivity index is 1.78. The fourth-order valence-corrected chi connectivity index (χ4v) is 5.49. The molecule has 2 aliphatic carbocycles. The van der Waals surface area contributed by atoms with E-state index in [0.717, 1.165) is 41.5 Å². The predicted molar refractivity (Wildman–Crippen MR) is 116 cm³/mol. The van der Waals surface area contributed by atoms with E-state index in [-0.39, 0.29) is 17.6 Å². The van der Waals surface area contributed by atoms with Gasteiger partial charge in [-0.25, -0.2) is 9.97 Å². The summed E-state index contributed by atoms with van der Waals surface area (Å²) in [6.07, 6.45) is 5.18. The van der Waals surface area contributed by atoms with Gasteiger partial charge in [0.25, 0.3) is 0 Å². The van der Waals surface area contributed by atoms with Crippen LogP contribution in [-0.2, 0) is 16.6 Å². The van der Waals surface area contributed by atoms with Gasteiger partial charge in [-0.1, -0.05) is 67.6 Å². The molecule has 0 amide bonds. The van der Waals surface area contributed by atoms with E-state index in [1.54, 1.807) is 0 Å². The molecular formula is C26H24N2O2. The van der Waals surface area contributed by atoms with Crippen molar-refractivity contribution in [1.29, 1.82) is 0 Å². The molecular weight excluding hydrogens is 372 g/mol. The lowest BCUT2D eigenvalue weighted by atomic mass is 9.52. The number of benzene rings is 2. The van der Waals surface area contributed by atoms with Crippen LogP contribution >= 0.6 is 0 Å². The number of aliphatic hydroxyl groups excluding tert-OH is 1. The maximum Gasteiger partial charge on any atom is 0.165 e. The van der Waals surface area contributed by atoms with Crippen LogP contribution in [-0.4, -0.2) is 20.9 Å². The molecule has 3 atom stereocenters. The smallest absolute Gasteiger partial charge is 0.165 e. The number of ketones is 1. The van der Waals surface area contributed by atoms with Gasteiger partial charge in [0.05, 0.1) is 12.0 Å². The van der Waals surface area contributed by atoms with Gasteiger partial charge in [0.15, 0.2) is 11.6 Å². The minimum atomic E-state index is -0.455. The molecule has 0 bridgehead atoms. The Morgan fingerprint density at radius 1 is 1.07 bits per heavy atom. The number of aromatic nitrogens is 2. The van der Waals surface area contributed by atoms with Gasteiger partial charge in [0.1, 0.15) is 0 Å². The second-order valence-corrected chi connectivity index (χ2v) is 8.40. The summed E-state index contributed by atoms with van der Waals surface area (Å²) in [5, 5.41) is 9.90. The van der Waals surface area contributed by atoms with Crippen molar-refractivity contribution in [3.8, 4) is 11.4 Å². The van der Waals surface area contributed by atoms with E-state index in [0.29, 0.717) is 17.8 Å². The van der Waals surface area contributed by atoms with Crippen molar-refractivity contribution < 1.29 is 9.90 Å². The van der Waals surface area contributed by atoms with Gasteiger partial charge >= 0.3 is 0 Å².